The number of ether oxygens (including phenoxy) is 4. The third-order valence-corrected chi connectivity index (χ3v) is 7.24. The normalized spacial score (nSPS) is 12.6. The lowest BCUT2D eigenvalue weighted by Crippen LogP contribution is -2.29. The van der Waals surface area contributed by atoms with Crippen LogP contribution >= 0.6 is 0 Å². The molecule has 0 aromatic rings. The summed E-state index contributed by atoms with van der Waals surface area (Å²) >= 11 is 0. The molecule has 0 N–H and O–H groups in total. The maximum Gasteiger partial charge on any atom is 0.164 e. The molecule has 0 saturated heterocycles. The van der Waals surface area contributed by atoms with Gasteiger partial charge in [0.15, 0.2) is 11.6 Å². The molecule has 32 heavy (non-hydrogen) atoms. The lowest BCUT2D eigenvalue weighted by Gasteiger charge is -2.26. The molecular formula is C28H58O4. The number of hydrogen-bond donors (Lipinski definition) is 0. The van der Waals surface area contributed by atoms with Gasteiger partial charge in [-0.3, -0.25) is 0 Å². The van der Waals surface area contributed by atoms with E-state index in [2.05, 4.69) is 0 Å². The molecule has 0 radical (unpaired) electrons. The summed E-state index contributed by atoms with van der Waals surface area (Å²) in [5.41, 5.74) is 0. The number of unbranched alkanes of at least 4 members (excludes halogenated alkanes) is 17. The largest absolute Gasteiger partial charge is 0.353 e. The molecule has 0 aliphatic heterocycles. The fourth-order valence-corrected chi connectivity index (χ4v) is 4.30. The monoisotopic (exact) mass is 458 g/mol. The first-order valence-corrected chi connectivity index (χ1v) is 13.7. The van der Waals surface area contributed by atoms with Crippen molar-refractivity contribution in [3.8, 4) is 0 Å². The zero-order valence-corrected chi connectivity index (χ0v) is 22.8. The van der Waals surface area contributed by atoms with Gasteiger partial charge in [0.25, 0.3) is 0 Å². The number of rotatable bonds is 25. The minimum atomic E-state index is -0.391. The molecule has 0 saturated carbocycles. The quantitative estimate of drug-likeness (QED) is 0.101. The van der Waals surface area contributed by atoms with Crippen molar-refractivity contribution in [2.45, 2.75) is 154 Å². The molecule has 0 aliphatic rings. The summed E-state index contributed by atoms with van der Waals surface area (Å²) in [6, 6.07) is 0. The van der Waals surface area contributed by atoms with E-state index in [1.165, 1.54) is 116 Å². The molecule has 0 spiro atoms. The van der Waals surface area contributed by atoms with Gasteiger partial charge < -0.3 is 18.9 Å². The van der Waals surface area contributed by atoms with Crippen LogP contribution in [0.4, 0.5) is 0 Å². The minimum absolute atomic E-state index is 0.391. The smallest absolute Gasteiger partial charge is 0.164 e. The highest BCUT2D eigenvalue weighted by Gasteiger charge is 2.22. The summed E-state index contributed by atoms with van der Waals surface area (Å²) in [5.74, 6) is -0.783. The topological polar surface area (TPSA) is 36.9 Å². The van der Waals surface area contributed by atoms with Crippen LogP contribution in [-0.2, 0) is 18.9 Å². The van der Waals surface area contributed by atoms with E-state index in [9.17, 15) is 0 Å². The Labute approximate surface area is 201 Å². The van der Waals surface area contributed by atoms with E-state index in [0.29, 0.717) is 0 Å². The van der Waals surface area contributed by atoms with Gasteiger partial charge in [-0.15, -0.1) is 0 Å². The molecule has 194 valence electrons. The Bertz CT molecular complexity index is 342. The lowest BCUT2D eigenvalue weighted by molar-refractivity contribution is -0.198. The maximum atomic E-state index is 5.41. The summed E-state index contributed by atoms with van der Waals surface area (Å²) in [6.45, 7) is 4.05. The third-order valence-electron chi connectivity index (χ3n) is 7.24. The fourth-order valence-electron chi connectivity index (χ4n) is 4.30. The summed E-state index contributed by atoms with van der Waals surface area (Å²) in [6.07, 6.45) is 26.7. The van der Waals surface area contributed by atoms with Gasteiger partial charge in [-0.1, -0.05) is 103 Å². The van der Waals surface area contributed by atoms with Crippen molar-refractivity contribution < 1.29 is 18.9 Å². The van der Waals surface area contributed by atoms with Crippen LogP contribution in [0.25, 0.3) is 0 Å². The van der Waals surface area contributed by atoms with E-state index < -0.39 is 11.6 Å². The molecule has 4 nitrogen and oxygen atoms in total. The molecule has 0 heterocycles. The van der Waals surface area contributed by atoms with Crippen LogP contribution in [0.3, 0.4) is 0 Å². The van der Waals surface area contributed by atoms with Crippen molar-refractivity contribution in [3.63, 3.8) is 0 Å². The van der Waals surface area contributed by atoms with E-state index in [4.69, 9.17) is 18.9 Å². The molecule has 0 amide bonds. The van der Waals surface area contributed by atoms with Gasteiger partial charge in [-0.05, 0) is 26.7 Å². The summed E-state index contributed by atoms with van der Waals surface area (Å²) < 4.78 is 21.6. The fraction of sp³-hybridized carbons (Fsp3) is 1.00. The van der Waals surface area contributed by atoms with Gasteiger partial charge in [0.1, 0.15) is 0 Å². The first kappa shape index (κ1) is 31.8. The minimum Gasteiger partial charge on any atom is -0.353 e. The predicted molar refractivity (Wildman–Crippen MR) is 137 cm³/mol. The Morgan fingerprint density at radius 1 is 0.312 bits per heavy atom. The van der Waals surface area contributed by atoms with E-state index in [1.54, 1.807) is 28.4 Å². The van der Waals surface area contributed by atoms with Gasteiger partial charge in [0.05, 0.1) is 0 Å². The van der Waals surface area contributed by atoms with Crippen LogP contribution in [0.15, 0.2) is 0 Å². The first-order chi connectivity index (χ1) is 15.4. The predicted octanol–water partition coefficient (Wildman–Crippen LogP) is 8.81. The summed E-state index contributed by atoms with van der Waals surface area (Å²) in [4.78, 5) is 0. The average molecular weight is 459 g/mol. The summed E-state index contributed by atoms with van der Waals surface area (Å²) in [5, 5.41) is 0. The molecule has 0 aromatic heterocycles. The van der Waals surface area contributed by atoms with Crippen molar-refractivity contribution >= 4 is 0 Å². The van der Waals surface area contributed by atoms with Crippen molar-refractivity contribution in [2.75, 3.05) is 28.4 Å². The van der Waals surface area contributed by atoms with E-state index in [0.717, 1.165) is 12.8 Å². The first-order valence-electron chi connectivity index (χ1n) is 13.7. The molecule has 0 fully saturated rings. The summed E-state index contributed by atoms with van der Waals surface area (Å²) in [7, 11) is 6.93. The highest BCUT2D eigenvalue weighted by molar-refractivity contribution is 4.62. The van der Waals surface area contributed by atoms with Crippen molar-refractivity contribution in [2.24, 2.45) is 0 Å². The Balaban J connectivity index is 3.21. The molecule has 0 rings (SSSR count). The van der Waals surface area contributed by atoms with Crippen molar-refractivity contribution in [3.05, 3.63) is 0 Å². The zero-order chi connectivity index (χ0) is 24.0. The second kappa shape index (κ2) is 21.4. The highest BCUT2D eigenvalue weighted by Crippen LogP contribution is 2.21. The Kier molecular flexibility index (Phi) is 21.3. The Hall–Kier alpha value is -0.160. The van der Waals surface area contributed by atoms with Gasteiger partial charge in [-0.2, -0.15) is 0 Å². The highest BCUT2D eigenvalue weighted by atomic mass is 16.7. The number of methoxy groups -OCH3 is 4. The van der Waals surface area contributed by atoms with Crippen LogP contribution in [0.1, 0.15) is 142 Å². The molecule has 0 atom stereocenters. The second-order valence-corrected chi connectivity index (χ2v) is 9.95. The second-order valence-electron chi connectivity index (χ2n) is 9.95. The van der Waals surface area contributed by atoms with Crippen LogP contribution in [0.5, 0.6) is 0 Å². The van der Waals surface area contributed by atoms with Crippen molar-refractivity contribution in [1.82, 2.24) is 0 Å². The standard InChI is InChI=1S/C28H58O4/c1-27(29-3,30-4)25-23-21-19-17-15-13-11-9-7-8-10-12-14-16-18-20-22-24-26-28(2,31-5)32-6/h7-26H2,1-6H3. The van der Waals surface area contributed by atoms with Crippen LogP contribution in [0.2, 0.25) is 0 Å². The lowest BCUT2D eigenvalue weighted by atomic mass is 10.0. The van der Waals surface area contributed by atoms with Crippen molar-refractivity contribution in [1.29, 1.82) is 0 Å². The molecule has 0 aliphatic carbocycles. The zero-order valence-electron chi connectivity index (χ0n) is 22.8. The van der Waals surface area contributed by atoms with E-state index in [1.807, 2.05) is 13.8 Å². The average Bonchev–Trinajstić information content (AvgIpc) is 2.82. The van der Waals surface area contributed by atoms with Crippen LogP contribution in [0, 0.1) is 0 Å². The van der Waals surface area contributed by atoms with Gasteiger partial charge in [0.2, 0.25) is 0 Å². The molecular weight excluding hydrogens is 400 g/mol. The van der Waals surface area contributed by atoms with Gasteiger partial charge in [0, 0.05) is 41.3 Å². The Morgan fingerprint density at radius 2 is 0.469 bits per heavy atom. The van der Waals surface area contributed by atoms with Gasteiger partial charge >= 0.3 is 0 Å². The molecule has 0 bridgehead atoms. The van der Waals surface area contributed by atoms with E-state index in [-0.39, 0.29) is 0 Å². The van der Waals surface area contributed by atoms with Crippen LogP contribution in [-0.4, -0.2) is 40.0 Å². The third kappa shape index (κ3) is 18.3. The molecule has 0 aromatic carbocycles. The van der Waals surface area contributed by atoms with E-state index >= 15 is 0 Å². The number of hydrogen-bond acceptors (Lipinski definition) is 4. The SMILES string of the molecule is COC(C)(CCCCCCCCCCCCCCCCCCCCC(C)(OC)OC)OC. The molecule has 4 heteroatoms. The molecule has 0 unspecified atom stereocenters. The van der Waals surface area contributed by atoms with Gasteiger partial charge in [-0.25, -0.2) is 0 Å². The Morgan fingerprint density at radius 3 is 0.625 bits per heavy atom. The maximum absolute atomic E-state index is 5.41. The van der Waals surface area contributed by atoms with Crippen LogP contribution < -0.4 is 0 Å².